The topological polar surface area (TPSA) is 83.4 Å². The normalized spacial score (nSPS) is 12.4. The van der Waals surface area contributed by atoms with Crippen LogP contribution in [0.3, 0.4) is 0 Å². The maximum absolute atomic E-state index is 12.3. The van der Waals surface area contributed by atoms with Gasteiger partial charge >= 0.3 is 6.03 Å². The first-order valence-electron chi connectivity index (χ1n) is 8.27. The molecule has 2 atom stereocenters. The lowest BCUT2D eigenvalue weighted by Crippen LogP contribution is -2.38. The fraction of sp³-hybridized carbons (Fsp3) is 0.300. The quantitative estimate of drug-likeness (QED) is 0.829. The number of carbonyl (C=O) groups excluding carboxylic acids is 1. The van der Waals surface area contributed by atoms with Crippen molar-refractivity contribution in [3.8, 4) is 17.6 Å². The van der Waals surface area contributed by atoms with Crippen LogP contribution in [0.15, 0.2) is 42.5 Å². The monoisotopic (exact) mass is 353 g/mol. The number of hydrogen-bond donors (Lipinski definition) is 2. The SMILES string of the molecule is COc1ccc(C(C)NC(=O)NC(C)c2ccc(C#N)cc2)c(OC)c1. The number of ether oxygens (including phenoxy) is 2. The molecule has 2 rings (SSSR count). The zero-order valence-corrected chi connectivity index (χ0v) is 15.4. The van der Waals surface area contributed by atoms with E-state index < -0.39 is 0 Å². The standard InChI is InChI=1S/C20H23N3O3/c1-13(16-7-5-15(12-21)6-8-16)22-20(24)23-14(2)18-10-9-17(25-3)11-19(18)26-4/h5-11,13-14H,1-4H3,(H2,22,23,24). The number of hydrogen-bond acceptors (Lipinski definition) is 4. The fourth-order valence-electron chi connectivity index (χ4n) is 2.62. The van der Waals surface area contributed by atoms with Crippen molar-refractivity contribution in [2.24, 2.45) is 0 Å². The van der Waals surface area contributed by atoms with Gasteiger partial charge in [0, 0.05) is 11.6 Å². The highest BCUT2D eigenvalue weighted by Gasteiger charge is 2.16. The molecular weight excluding hydrogens is 330 g/mol. The van der Waals surface area contributed by atoms with Crippen LogP contribution in [-0.2, 0) is 0 Å². The summed E-state index contributed by atoms with van der Waals surface area (Å²) in [6.07, 6.45) is 0. The average molecular weight is 353 g/mol. The second-order valence-corrected chi connectivity index (χ2v) is 5.90. The maximum atomic E-state index is 12.3. The Morgan fingerprint density at radius 2 is 1.65 bits per heavy atom. The molecule has 2 N–H and O–H groups in total. The number of methoxy groups -OCH3 is 2. The third kappa shape index (κ3) is 4.67. The lowest BCUT2D eigenvalue weighted by atomic mass is 10.1. The van der Waals surface area contributed by atoms with Crippen molar-refractivity contribution in [3.63, 3.8) is 0 Å². The first-order valence-corrected chi connectivity index (χ1v) is 8.27. The Kier molecular flexibility index (Phi) is 6.45. The minimum atomic E-state index is -0.285. The van der Waals surface area contributed by atoms with Gasteiger partial charge in [-0.1, -0.05) is 12.1 Å². The van der Waals surface area contributed by atoms with Crippen LogP contribution in [-0.4, -0.2) is 20.3 Å². The van der Waals surface area contributed by atoms with Gasteiger partial charge < -0.3 is 20.1 Å². The van der Waals surface area contributed by atoms with Crippen LogP contribution in [0.25, 0.3) is 0 Å². The van der Waals surface area contributed by atoms with Gasteiger partial charge in [-0.25, -0.2) is 4.79 Å². The van der Waals surface area contributed by atoms with Crippen LogP contribution in [0.5, 0.6) is 11.5 Å². The summed E-state index contributed by atoms with van der Waals surface area (Å²) in [5.41, 5.74) is 2.37. The molecule has 0 radical (unpaired) electrons. The maximum Gasteiger partial charge on any atom is 0.315 e. The van der Waals surface area contributed by atoms with Gasteiger partial charge in [-0.3, -0.25) is 0 Å². The van der Waals surface area contributed by atoms with E-state index in [4.69, 9.17) is 14.7 Å². The van der Waals surface area contributed by atoms with E-state index in [9.17, 15) is 4.79 Å². The third-order valence-electron chi connectivity index (χ3n) is 4.14. The van der Waals surface area contributed by atoms with Crippen molar-refractivity contribution < 1.29 is 14.3 Å². The lowest BCUT2D eigenvalue weighted by molar-refractivity contribution is 0.234. The zero-order chi connectivity index (χ0) is 19.1. The molecule has 0 heterocycles. The molecule has 26 heavy (non-hydrogen) atoms. The number of amides is 2. The van der Waals surface area contributed by atoms with Gasteiger partial charge in [0.05, 0.1) is 37.9 Å². The average Bonchev–Trinajstić information content (AvgIpc) is 2.67. The Balaban J connectivity index is 2.01. The second-order valence-electron chi connectivity index (χ2n) is 5.90. The number of nitriles is 1. The van der Waals surface area contributed by atoms with Gasteiger partial charge in [-0.05, 0) is 43.7 Å². The molecule has 0 aliphatic heterocycles. The molecular formula is C20H23N3O3. The number of carbonyl (C=O) groups is 1. The zero-order valence-electron chi connectivity index (χ0n) is 15.4. The summed E-state index contributed by atoms with van der Waals surface area (Å²) in [6, 6.07) is 14.0. The van der Waals surface area contributed by atoms with E-state index in [1.165, 1.54) is 0 Å². The number of nitrogens with one attached hydrogen (secondary N) is 2. The van der Waals surface area contributed by atoms with Crippen molar-refractivity contribution in [3.05, 3.63) is 59.2 Å². The molecule has 2 unspecified atom stereocenters. The number of nitrogens with zero attached hydrogens (tertiary/aromatic N) is 1. The summed E-state index contributed by atoms with van der Waals surface area (Å²) in [6.45, 7) is 3.77. The van der Waals surface area contributed by atoms with Crippen molar-refractivity contribution in [1.29, 1.82) is 5.26 Å². The highest BCUT2D eigenvalue weighted by atomic mass is 16.5. The van der Waals surface area contributed by atoms with E-state index in [0.717, 1.165) is 11.1 Å². The molecule has 0 bridgehead atoms. The molecule has 6 heteroatoms. The predicted octanol–water partition coefficient (Wildman–Crippen LogP) is 3.70. The van der Waals surface area contributed by atoms with Gasteiger partial charge in [0.15, 0.2) is 0 Å². The molecule has 2 aromatic rings. The van der Waals surface area contributed by atoms with Crippen LogP contribution in [0.4, 0.5) is 4.79 Å². The van der Waals surface area contributed by atoms with Gasteiger partial charge in [0.2, 0.25) is 0 Å². The molecule has 2 aromatic carbocycles. The molecule has 2 amide bonds. The Labute approximate surface area is 153 Å². The molecule has 136 valence electrons. The molecule has 0 aliphatic rings. The van der Waals surface area contributed by atoms with E-state index in [1.54, 1.807) is 32.4 Å². The van der Waals surface area contributed by atoms with Crippen LogP contribution in [0.2, 0.25) is 0 Å². The largest absolute Gasteiger partial charge is 0.497 e. The second kappa shape index (κ2) is 8.77. The fourth-order valence-corrected chi connectivity index (χ4v) is 2.62. The summed E-state index contributed by atoms with van der Waals surface area (Å²) in [4.78, 5) is 12.3. The van der Waals surface area contributed by atoms with E-state index in [0.29, 0.717) is 17.1 Å². The Hall–Kier alpha value is -3.20. The summed E-state index contributed by atoms with van der Waals surface area (Å²) >= 11 is 0. The third-order valence-corrected chi connectivity index (χ3v) is 4.14. The first-order chi connectivity index (χ1) is 12.5. The predicted molar refractivity (Wildman–Crippen MR) is 99.2 cm³/mol. The summed E-state index contributed by atoms with van der Waals surface area (Å²) in [7, 11) is 3.17. The number of benzene rings is 2. The molecule has 0 saturated carbocycles. The summed E-state index contributed by atoms with van der Waals surface area (Å²) in [5, 5.41) is 14.7. The van der Waals surface area contributed by atoms with Crippen LogP contribution < -0.4 is 20.1 Å². The molecule has 0 fully saturated rings. The van der Waals surface area contributed by atoms with Crippen LogP contribution >= 0.6 is 0 Å². The van der Waals surface area contributed by atoms with Crippen LogP contribution in [0, 0.1) is 11.3 Å². The number of urea groups is 1. The molecule has 0 aliphatic carbocycles. The van der Waals surface area contributed by atoms with E-state index >= 15 is 0 Å². The molecule has 0 aromatic heterocycles. The molecule has 6 nitrogen and oxygen atoms in total. The molecule has 0 spiro atoms. The van der Waals surface area contributed by atoms with Crippen molar-refractivity contribution in [2.75, 3.05) is 14.2 Å². The highest BCUT2D eigenvalue weighted by Crippen LogP contribution is 2.29. The minimum Gasteiger partial charge on any atom is -0.497 e. The smallest absolute Gasteiger partial charge is 0.315 e. The van der Waals surface area contributed by atoms with E-state index in [2.05, 4.69) is 16.7 Å². The van der Waals surface area contributed by atoms with E-state index in [-0.39, 0.29) is 18.1 Å². The Bertz CT molecular complexity index is 797. The van der Waals surface area contributed by atoms with Crippen molar-refractivity contribution in [2.45, 2.75) is 25.9 Å². The summed E-state index contributed by atoms with van der Waals surface area (Å²) < 4.78 is 10.6. The minimum absolute atomic E-state index is 0.187. The van der Waals surface area contributed by atoms with Gasteiger partial charge in [-0.15, -0.1) is 0 Å². The van der Waals surface area contributed by atoms with Gasteiger partial charge in [-0.2, -0.15) is 5.26 Å². The lowest BCUT2D eigenvalue weighted by Gasteiger charge is -2.20. The Morgan fingerprint density at radius 3 is 2.23 bits per heavy atom. The van der Waals surface area contributed by atoms with Crippen molar-refractivity contribution >= 4 is 6.03 Å². The van der Waals surface area contributed by atoms with E-state index in [1.807, 2.05) is 38.1 Å². The Morgan fingerprint density at radius 1 is 1.00 bits per heavy atom. The molecule has 0 saturated heterocycles. The first kappa shape index (κ1) is 19.1. The van der Waals surface area contributed by atoms with Crippen LogP contribution in [0.1, 0.15) is 42.6 Å². The van der Waals surface area contributed by atoms with Crippen molar-refractivity contribution in [1.82, 2.24) is 10.6 Å². The van der Waals surface area contributed by atoms with Gasteiger partial charge in [0.1, 0.15) is 11.5 Å². The van der Waals surface area contributed by atoms with Gasteiger partial charge in [0.25, 0.3) is 0 Å². The highest BCUT2D eigenvalue weighted by molar-refractivity contribution is 5.75. The summed E-state index contributed by atoms with van der Waals surface area (Å²) in [5.74, 6) is 1.34. The number of rotatable bonds is 6.